The van der Waals surface area contributed by atoms with Gasteiger partial charge in [0.15, 0.2) is 11.5 Å². The standard InChI is InChI=1S/C17H17Cl2N5O2/c1-11(25)23-7-9-24(10-8-23)17(26)14-5-6-15(22-21-14)20-16-12(18)3-2-4-13(16)19/h2-6H,7-10H2,1H3,(H,20,22). The molecule has 0 bridgehead atoms. The average Bonchev–Trinajstić information content (AvgIpc) is 2.65. The third-order valence-corrected chi connectivity index (χ3v) is 4.74. The summed E-state index contributed by atoms with van der Waals surface area (Å²) in [5.41, 5.74) is 0.779. The number of benzene rings is 1. The topological polar surface area (TPSA) is 78.4 Å². The molecule has 1 aromatic carbocycles. The lowest BCUT2D eigenvalue weighted by molar-refractivity contribution is -0.130. The van der Waals surface area contributed by atoms with Gasteiger partial charge in [0.1, 0.15) is 0 Å². The maximum absolute atomic E-state index is 12.5. The van der Waals surface area contributed by atoms with Gasteiger partial charge in [0.05, 0.1) is 15.7 Å². The molecular formula is C17H17Cl2N5O2. The van der Waals surface area contributed by atoms with Crippen LogP contribution in [0.2, 0.25) is 10.0 Å². The Morgan fingerprint density at radius 2 is 1.58 bits per heavy atom. The first kappa shape index (κ1) is 18.4. The zero-order chi connectivity index (χ0) is 18.7. The first-order valence-electron chi connectivity index (χ1n) is 8.05. The summed E-state index contributed by atoms with van der Waals surface area (Å²) < 4.78 is 0. The zero-order valence-electron chi connectivity index (χ0n) is 14.1. The Labute approximate surface area is 160 Å². The number of carbonyl (C=O) groups is 2. The number of para-hydroxylation sites is 1. The van der Waals surface area contributed by atoms with Crippen molar-refractivity contribution in [2.45, 2.75) is 6.92 Å². The van der Waals surface area contributed by atoms with Crippen LogP contribution in [-0.2, 0) is 4.79 Å². The largest absolute Gasteiger partial charge is 0.339 e. The molecule has 1 saturated heterocycles. The summed E-state index contributed by atoms with van der Waals surface area (Å²) in [5.74, 6) is 0.242. The summed E-state index contributed by atoms with van der Waals surface area (Å²) in [6.07, 6.45) is 0. The van der Waals surface area contributed by atoms with Crippen LogP contribution in [0.3, 0.4) is 0 Å². The molecule has 0 aliphatic carbocycles. The number of piperazine rings is 1. The fourth-order valence-corrected chi connectivity index (χ4v) is 3.14. The number of anilines is 2. The lowest BCUT2D eigenvalue weighted by atomic mass is 10.2. The highest BCUT2D eigenvalue weighted by molar-refractivity contribution is 6.39. The smallest absolute Gasteiger partial charge is 0.274 e. The van der Waals surface area contributed by atoms with Crippen LogP contribution in [0.1, 0.15) is 17.4 Å². The van der Waals surface area contributed by atoms with Crippen molar-refractivity contribution in [2.24, 2.45) is 0 Å². The van der Waals surface area contributed by atoms with E-state index < -0.39 is 0 Å². The summed E-state index contributed by atoms with van der Waals surface area (Å²) in [5, 5.41) is 11.9. The lowest BCUT2D eigenvalue weighted by Gasteiger charge is -2.33. The highest BCUT2D eigenvalue weighted by atomic mass is 35.5. The number of nitrogens with zero attached hydrogens (tertiary/aromatic N) is 4. The van der Waals surface area contributed by atoms with Gasteiger partial charge in [-0.2, -0.15) is 0 Å². The monoisotopic (exact) mass is 393 g/mol. The van der Waals surface area contributed by atoms with Crippen molar-refractivity contribution in [1.82, 2.24) is 20.0 Å². The van der Waals surface area contributed by atoms with Crippen molar-refractivity contribution in [3.63, 3.8) is 0 Å². The van der Waals surface area contributed by atoms with Crippen molar-refractivity contribution in [3.05, 3.63) is 46.1 Å². The number of rotatable bonds is 3. The zero-order valence-corrected chi connectivity index (χ0v) is 15.6. The van der Waals surface area contributed by atoms with E-state index in [-0.39, 0.29) is 17.5 Å². The first-order chi connectivity index (χ1) is 12.5. The van der Waals surface area contributed by atoms with E-state index in [0.717, 1.165) is 0 Å². The number of aromatic nitrogens is 2. The summed E-state index contributed by atoms with van der Waals surface area (Å²) in [6, 6.07) is 8.41. The van der Waals surface area contributed by atoms with Gasteiger partial charge in [-0.15, -0.1) is 10.2 Å². The Morgan fingerprint density at radius 3 is 2.12 bits per heavy atom. The number of hydrogen-bond donors (Lipinski definition) is 1. The Balaban J connectivity index is 1.66. The minimum atomic E-state index is -0.206. The molecule has 3 rings (SSSR count). The molecule has 1 aromatic heterocycles. The maximum atomic E-state index is 12.5. The molecular weight excluding hydrogens is 377 g/mol. The van der Waals surface area contributed by atoms with Crippen molar-refractivity contribution < 1.29 is 9.59 Å². The first-order valence-corrected chi connectivity index (χ1v) is 8.81. The minimum absolute atomic E-state index is 0.0190. The molecule has 0 unspecified atom stereocenters. The van der Waals surface area contributed by atoms with Crippen molar-refractivity contribution in [2.75, 3.05) is 31.5 Å². The summed E-state index contributed by atoms with van der Waals surface area (Å²) in [4.78, 5) is 27.3. The molecule has 2 amide bonds. The van der Waals surface area contributed by atoms with Crippen LogP contribution >= 0.6 is 23.2 Å². The summed E-state index contributed by atoms with van der Waals surface area (Å²) >= 11 is 12.2. The predicted molar refractivity (Wildman–Crippen MR) is 99.9 cm³/mol. The molecule has 0 radical (unpaired) electrons. The second-order valence-electron chi connectivity index (χ2n) is 5.82. The van der Waals surface area contributed by atoms with Gasteiger partial charge < -0.3 is 15.1 Å². The van der Waals surface area contributed by atoms with Gasteiger partial charge >= 0.3 is 0 Å². The molecule has 1 aliphatic heterocycles. The molecule has 1 aliphatic rings. The van der Waals surface area contributed by atoms with Crippen molar-refractivity contribution in [1.29, 1.82) is 0 Å². The number of halogens is 2. The van der Waals surface area contributed by atoms with Gasteiger partial charge in [-0.3, -0.25) is 9.59 Å². The van der Waals surface area contributed by atoms with Crippen LogP contribution < -0.4 is 5.32 Å². The fraction of sp³-hybridized carbons (Fsp3) is 0.294. The van der Waals surface area contributed by atoms with E-state index >= 15 is 0 Å². The highest BCUT2D eigenvalue weighted by Crippen LogP contribution is 2.31. The van der Waals surface area contributed by atoms with Crippen molar-refractivity contribution in [3.8, 4) is 0 Å². The summed E-state index contributed by atoms with van der Waals surface area (Å²) in [6.45, 7) is 3.54. The third-order valence-electron chi connectivity index (χ3n) is 4.11. The molecule has 1 N–H and O–H groups in total. The SMILES string of the molecule is CC(=O)N1CCN(C(=O)c2ccc(Nc3c(Cl)cccc3Cl)nn2)CC1. The Bertz CT molecular complexity index is 800. The molecule has 26 heavy (non-hydrogen) atoms. The quantitative estimate of drug-likeness (QED) is 0.866. The Morgan fingerprint density at radius 1 is 0.962 bits per heavy atom. The summed E-state index contributed by atoms with van der Waals surface area (Å²) in [7, 11) is 0. The van der Waals surface area contributed by atoms with Gasteiger partial charge in [0, 0.05) is 33.1 Å². The molecule has 9 heteroatoms. The van der Waals surface area contributed by atoms with E-state index in [1.807, 2.05) is 0 Å². The maximum Gasteiger partial charge on any atom is 0.274 e. The minimum Gasteiger partial charge on any atom is -0.339 e. The van der Waals surface area contributed by atoms with Gasteiger partial charge in [0.2, 0.25) is 5.91 Å². The van der Waals surface area contributed by atoms with Gasteiger partial charge in [-0.25, -0.2) is 0 Å². The van der Waals surface area contributed by atoms with E-state index in [4.69, 9.17) is 23.2 Å². The van der Waals surface area contributed by atoms with E-state index in [9.17, 15) is 9.59 Å². The molecule has 1 fully saturated rings. The number of nitrogens with one attached hydrogen (secondary N) is 1. The second-order valence-corrected chi connectivity index (χ2v) is 6.64. The number of carbonyl (C=O) groups excluding carboxylic acids is 2. The third kappa shape index (κ3) is 4.05. The lowest BCUT2D eigenvalue weighted by Crippen LogP contribution is -2.50. The average molecular weight is 394 g/mol. The fourth-order valence-electron chi connectivity index (χ4n) is 2.64. The van der Waals surface area contributed by atoms with Crippen LogP contribution in [-0.4, -0.2) is 58.0 Å². The van der Waals surface area contributed by atoms with Crippen LogP contribution in [0.25, 0.3) is 0 Å². The van der Waals surface area contributed by atoms with Crippen LogP contribution in [0.15, 0.2) is 30.3 Å². The highest BCUT2D eigenvalue weighted by Gasteiger charge is 2.24. The molecule has 0 atom stereocenters. The Kier molecular flexibility index (Phi) is 5.58. The number of hydrogen-bond acceptors (Lipinski definition) is 5. The van der Waals surface area contributed by atoms with Gasteiger partial charge in [-0.1, -0.05) is 29.3 Å². The molecule has 2 heterocycles. The van der Waals surface area contributed by atoms with Crippen LogP contribution in [0, 0.1) is 0 Å². The molecule has 2 aromatic rings. The molecule has 0 saturated carbocycles. The van der Waals surface area contributed by atoms with Crippen molar-refractivity contribution >= 4 is 46.5 Å². The predicted octanol–water partition coefficient (Wildman–Crippen LogP) is 2.83. The van der Waals surface area contributed by atoms with Gasteiger partial charge in [0.25, 0.3) is 5.91 Å². The van der Waals surface area contributed by atoms with Gasteiger partial charge in [-0.05, 0) is 24.3 Å². The van der Waals surface area contributed by atoms with Crippen LogP contribution in [0.5, 0.6) is 0 Å². The van der Waals surface area contributed by atoms with E-state index in [1.54, 1.807) is 40.1 Å². The van der Waals surface area contributed by atoms with Crippen LogP contribution in [0.4, 0.5) is 11.5 Å². The Hall–Kier alpha value is -2.38. The van der Waals surface area contributed by atoms with E-state index in [0.29, 0.717) is 47.7 Å². The second kappa shape index (κ2) is 7.88. The molecule has 0 spiro atoms. The normalized spacial score (nSPS) is 14.3. The molecule has 136 valence electrons. The number of amides is 2. The molecule has 7 nitrogen and oxygen atoms in total. The van der Waals surface area contributed by atoms with E-state index in [1.165, 1.54) is 6.92 Å². The van der Waals surface area contributed by atoms with E-state index in [2.05, 4.69) is 15.5 Å².